The minimum atomic E-state index is 0.385. The summed E-state index contributed by atoms with van der Waals surface area (Å²) in [5.74, 6) is 0.981. The number of nitrogens with zero attached hydrogens (tertiary/aromatic N) is 2. The van der Waals surface area contributed by atoms with Crippen molar-refractivity contribution in [3.8, 4) is 17.2 Å². The molecule has 0 atom stereocenters. The number of ether oxygens (including phenoxy) is 1. The van der Waals surface area contributed by atoms with Crippen LogP contribution in [0.15, 0.2) is 27.5 Å². The summed E-state index contributed by atoms with van der Waals surface area (Å²) in [5, 5.41) is 4.22. The zero-order chi connectivity index (χ0) is 10.8. The minimum Gasteiger partial charge on any atom is -0.496 e. The maximum absolute atomic E-state index is 5.83. The van der Waals surface area contributed by atoms with E-state index in [1.807, 2.05) is 0 Å². The fourth-order valence-electron chi connectivity index (χ4n) is 1.16. The van der Waals surface area contributed by atoms with Crippen LogP contribution in [0.5, 0.6) is 5.75 Å². The molecule has 2 rings (SSSR count). The predicted molar refractivity (Wildman–Crippen MR) is 59.0 cm³/mol. The molecule has 0 fully saturated rings. The minimum absolute atomic E-state index is 0.385. The van der Waals surface area contributed by atoms with E-state index in [0.29, 0.717) is 27.0 Å². The van der Waals surface area contributed by atoms with Crippen LogP contribution in [-0.2, 0) is 0 Å². The van der Waals surface area contributed by atoms with Crippen molar-refractivity contribution in [2.24, 2.45) is 0 Å². The number of aromatic nitrogens is 2. The number of hydrogen-bond acceptors (Lipinski definition) is 4. The number of methoxy groups -OCH3 is 1. The molecule has 1 heterocycles. The summed E-state index contributed by atoms with van der Waals surface area (Å²) in [4.78, 5) is 4.04. The van der Waals surface area contributed by atoms with Crippen molar-refractivity contribution in [1.29, 1.82) is 0 Å². The fourth-order valence-corrected chi connectivity index (χ4v) is 1.55. The van der Waals surface area contributed by atoms with E-state index < -0.39 is 0 Å². The number of benzene rings is 1. The highest BCUT2D eigenvalue weighted by Gasteiger charge is 2.12. The lowest BCUT2D eigenvalue weighted by molar-refractivity contribution is 0.404. The first-order valence-corrected chi connectivity index (χ1v) is 5.21. The first-order chi connectivity index (χ1) is 7.20. The molecule has 0 N–H and O–H groups in total. The van der Waals surface area contributed by atoms with Gasteiger partial charge in [0.2, 0.25) is 4.73 Å². The van der Waals surface area contributed by atoms with Crippen LogP contribution in [0.1, 0.15) is 0 Å². The van der Waals surface area contributed by atoms with Gasteiger partial charge >= 0.3 is 0 Å². The maximum Gasteiger partial charge on any atom is 0.262 e. The van der Waals surface area contributed by atoms with Gasteiger partial charge in [0.05, 0.1) is 12.7 Å². The number of hydrogen-bond donors (Lipinski definition) is 0. The van der Waals surface area contributed by atoms with Crippen LogP contribution < -0.4 is 4.74 Å². The van der Waals surface area contributed by atoms with Crippen molar-refractivity contribution in [1.82, 2.24) is 10.1 Å². The quantitative estimate of drug-likeness (QED) is 0.852. The van der Waals surface area contributed by atoms with Gasteiger partial charge in [-0.25, -0.2) is 0 Å². The first-order valence-electron chi connectivity index (χ1n) is 4.04. The van der Waals surface area contributed by atoms with Crippen LogP contribution in [0.25, 0.3) is 11.5 Å². The van der Waals surface area contributed by atoms with Gasteiger partial charge in [-0.2, -0.15) is 4.98 Å². The summed E-state index contributed by atoms with van der Waals surface area (Å²) in [6.07, 6.45) is 0. The van der Waals surface area contributed by atoms with Crippen LogP contribution in [0.3, 0.4) is 0 Å². The molecule has 2 aromatic rings. The third-order valence-electron chi connectivity index (χ3n) is 1.80. The Hall–Kier alpha value is -1.07. The smallest absolute Gasteiger partial charge is 0.262 e. The Morgan fingerprint density at radius 2 is 2.27 bits per heavy atom. The van der Waals surface area contributed by atoms with Gasteiger partial charge in [0.1, 0.15) is 5.75 Å². The Morgan fingerprint density at radius 3 is 2.87 bits per heavy atom. The lowest BCUT2D eigenvalue weighted by Gasteiger charge is -2.04. The molecule has 0 spiro atoms. The summed E-state index contributed by atoms with van der Waals surface area (Å²) in [5.41, 5.74) is 0.708. The topological polar surface area (TPSA) is 48.2 Å². The van der Waals surface area contributed by atoms with Crippen LogP contribution in [0.4, 0.5) is 0 Å². The van der Waals surface area contributed by atoms with Crippen LogP contribution in [0, 0.1) is 0 Å². The molecule has 0 amide bonds. The van der Waals surface area contributed by atoms with Crippen LogP contribution in [0.2, 0.25) is 5.02 Å². The van der Waals surface area contributed by atoms with Gasteiger partial charge in [-0.3, -0.25) is 0 Å². The Kier molecular flexibility index (Phi) is 2.93. The van der Waals surface area contributed by atoms with Gasteiger partial charge < -0.3 is 9.26 Å². The summed E-state index contributed by atoms with van der Waals surface area (Å²) < 4.78 is 10.6. The maximum atomic E-state index is 5.83. The molecule has 0 saturated carbocycles. The molecule has 0 aliphatic carbocycles. The molecule has 0 saturated heterocycles. The van der Waals surface area contributed by atoms with Crippen LogP contribution >= 0.6 is 27.5 Å². The van der Waals surface area contributed by atoms with Crippen molar-refractivity contribution in [3.05, 3.63) is 28.0 Å². The van der Waals surface area contributed by atoms with Crippen LogP contribution in [-0.4, -0.2) is 17.3 Å². The summed E-state index contributed by atoms with van der Waals surface area (Å²) in [7, 11) is 1.56. The van der Waals surface area contributed by atoms with Gasteiger partial charge in [0.25, 0.3) is 5.89 Å². The van der Waals surface area contributed by atoms with E-state index >= 15 is 0 Å². The highest BCUT2D eigenvalue weighted by atomic mass is 79.9. The van der Waals surface area contributed by atoms with E-state index in [1.54, 1.807) is 25.3 Å². The molecular weight excluding hydrogens is 283 g/mol. The molecule has 15 heavy (non-hydrogen) atoms. The highest BCUT2D eigenvalue weighted by molar-refractivity contribution is 9.10. The van der Waals surface area contributed by atoms with Gasteiger partial charge in [-0.1, -0.05) is 11.6 Å². The van der Waals surface area contributed by atoms with Crippen molar-refractivity contribution < 1.29 is 9.26 Å². The second-order valence-electron chi connectivity index (χ2n) is 2.71. The van der Waals surface area contributed by atoms with Gasteiger partial charge in [0, 0.05) is 5.02 Å². The second-order valence-corrected chi connectivity index (χ2v) is 3.86. The van der Waals surface area contributed by atoms with Gasteiger partial charge in [-0.15, -0.1) is 0 Å². The molecule has 4 nitrogen and oxygen atoms in total. The highest BCUT2D eigenvalue weighted by Crippen LogP contribution is 2.31. The van der Waals surface area contributed by atoms with E-state index in [4.69, 9.17) is 20.9 Å². The zero-order valence-electron chi connectivity index (χ0n) is 7.70. The fraction of sp³-hybridized carbons (Fsp3) is 0.111. The molecular formula is C9H6BrClN2O2. The summed E-state index contributed by atoms with van der Waals surface area (Å²) in [6, 6.07) is 5.19. The molecule has 0 bridgehead atoms. The van der Waals surface area contributed by atoms with E-state index in [2.05, 4.69) is 26.1 Å². The lowest BCUT2D eigenvalue weighted by atomic mass is 10.2. The van der Waals surface area contributed by atoms with E-state index in [0.717, 1.165) is 0 Å². The van der Waals surface area contributed by atoms with Crippen molar-refractivity contribution >= 4 is 27.5 Å². The average Bonchev–Trinajstić information content (AvgIpc) is 2.64. The predicted octanol–water partition coefficient (Wildman–Crippen LogP) is 3.16. The van der Waals surface area contributed by atoms with E-state index in [-0.39, 0.29) is 0 Å². The summed E-state index contributed by atoms with van der Waals surface area (Å²) >= 11 is 8.94. The SMILES string of the molecule is COc1cc(Cl)ccc1-c1nc(Br)no1. The van der Waals surface area contributed by atoms with Gasteiger partial charge in [0.15, 0.2) is 0 Å². The Balaban J connectivity index is 2.52. The second kappa shape index (κ2) is 4.20. The lowest BCUT2D eigenvalue weighted by Crippen LogP contribution is -1.87. The molecule has 0 radical (unpaired) electrons. The molecule has 6 heteroatoms. The molecule has 1 aromatic carbocycles. The van der Waals surface area contributed by atoms with Gasteiger partial charge in [-0.05, 0) is 39.3 Å². The Morgan fingerprint density at radius 1 is 1.47 bits per heavy atom. The normalized spacial score (nSPS) is 10.3. The molecule has 0 aliphatic heterocycles. The van der Waals surface area contributed by atoms with E-state index in [9.17, 15) is 0 Å². The average molecular weight is 290 g/mol. The Labute approximate surface area is 99.3 Å². The monoisotopic (exact) mass is 288 g/mol. The molecule has 0 unspecified atom stereocenters. The Bertz CT molecular complexity index is 487. The summed E-state index contributed by atoms with van der Waals surface area (Å²) in [6.45, 7) is 0. The zero-order valence-corrected chi connectivity index (χ0v) is 10.0. The number of halogens is 2. The van der Waals surface area contributed by atoms with Crippen molar-refractivity contribution in [3.63, 3.8) is 0 Å². The van der Waals surface area contributed by atoms with Crippen molar-refractivity contribution in [2.75, 3.05) is 7.11 Å². The first kappa shape index (κ1) is 10.4. The molecule has 0 aliphatic rings. The third-order valence-corrected chi connectivity index (χ3v) is 2.35. The van der Waals surface area contributed by atoms with Crippen molar-refractivity contribution in [2.45, 2.75) is 0 Å². The molecule has 1 aromatic heterocycles. The molecule has 78 valence electrons. The third kappa shape index (κ3) is 2.13. The van der Waals surface area contributed by atoms with E-state index in [1.165, 1.54) is 0 Å². The number of rotatable bonds is 2. The largest absolute Gasteiger partial charge is 0.496 e. The standard InChI is InChI=1S/C9H6BrClN2O2/c1-14-7-4-5(11)2-3-6(7)8-12-9(10)13-15-8/h2-4H,1H3.